The van der Waals surface area contributed by atoms with Crippen molar-refractivity contribution in [2.45, 2.75) is 24.9 Å². The lowest BCUT2D eigenvalue weighted by molar-refractivity contribution is 0.142. The molecule has 0 radical (unpaired) electrons. The van der Waals surface area contributed by atoms with Crippen LogP contribution in [0.5, 0.6) is 0 Å². The fourth-order valence-corrected chi connectivity index (χ4v) is 4.87. The summed E-state index contributed by atoms with van der Waals surface area (Å²) in [6, 6.07) is -0.292. The Morgan fingerprint density at radius 2 is 2.33 bits per heavy atom. The van der Waals surface area contributed by atoms with Crippen LogP contribution < -0.4 is 11.3 Å². The van der Waals surface area contributed by atoms with E-state index in [1.807, 2.05) is 0 Å². The van der Waals surface area contributed by atoms with Crippen LogP contribution >= 0.6 is 11.3 Å². The summed E-state index contributed by atoms with van der Waals surface area (Å²) in [5, 5.41) is 1.82. The largest absolute Gasteiger partial charge is 0.383 e. The average Bonchev–Trinajstić information content (AvgIpc) is 2.98. The highest BCUT2D eigenvalue weighted by atomic mass is 32.2. The molecule has 2 rings (SSSR count). The predicted octanol–water partition coefficient (Wildman–Crippen LogP) is 0.727. The van der Waals surface area contributed by atoms with Gasteiger partial charge in [-0.25, -0.2) is 14.3 Å². The topological polar surface area (TPSA) is 102 Å². The van der Waals surface area contributed by atoms with E-state index in [0.717, 1.165) is 0 Å². The summed E-state index contributed by atoms with van der Waals surface area (Å²) in [4.78, 5) is 4.75. The quantitative estimate of drug-likeness (QED) is 0.572. The molecule has 1 atom stereocenters. The molecule has 0 bridgehead atoms. The number of hydrazine groups is 1. The monoisotopic (exact) mass is 333 g/mol. The number of methoxy groups -OCH3 is 1. The molecule has 0 saturated carbocycles. The molecule has 0 aliphatic rings. The van der Waals surface area contributed by atoms with Gasteiger partial charge in [0.25, 0.3) is 10.0 Å². The summed E-state index contributed by atoms with van der Waals surface area (Å²) in [5.41, 5.74) is 2.36. The summed E-state index contributed by atoms with van der Waals surface area (Å²) < 4.78 is 33.9. The number of likely N-dealkylation sites (N-methyl/N-ethyl adjacent to an activating group) is 1. The minimum absolute atomic E-state index is 0.0473. The molecule has 0 aliphatic heterocycles. The molecule has 0 aliphatic carbocycles. The molecule has 0 saturated heterocycles. The maximum Gasteiger partial charge on any atom is 0.263 e. The first kappa shape index (κ1) is 16.2. The highest BCUT2D eigenvalue weighted by Gasteiger charge is 2.33. The molecule has 3 N–H and O–H groups in total. The van der Waals surface area contributed by atoms with Gasteiger partial charge in [0, 0.05) is 31.3 Å². The van der Waals surface area contributed by atoms with Crippen molar-refractivity contribution in [2.75, 3.05) is 25.7 Å². The van der Waals surface area contributed by atoms with Crippen LogP contribution in [0.1, 0.15) is 13.8 Å². The molecule has 0 fully saturated rings. The molecule has 8 nitrogen and oxygen atoms in total. The molecule has 118 valence electrons. The van der Waals surface area contributed by atoms with Gasteiger partial charge in [-0.05, 0) is 6.92 Å². The first-order chi connectivity index (χ1) is 9.97. The van der Waals surface area contributed by atoms with Crippen LogP contribution in [-0.2, 0) is 14.8 Å². The molecular weight excluding hydrogens is 314 g/mol. The van der Waals surface area contributed by atoms with Crippen molar-refractivity contribution in [3.05, 3.63) is 11.6 Å². The van der Waals surface area contributed by atoms with E-state index in [1.54, 1.807) is 32.5 Å². The second-order valence-electron chi connectivity index (χ2n) is 4.48. The van der Waals surface area contributed by atoms with Gasteiger partial charge in [-0.3, -0.25) is 4.40 Å². The lowest BCUT2D eigenvalue weighted by Gasteiger charge is -2.26. The Kier molecular flexibility index (Phi) is 4.84. The van der Waals surface area contributed by atoms with E-state index < -0.39 is 10.0 Å². The molecule has 10 heteroatoms. The van der Waals surface area contributed by atoms with Crippen LogP contribution in [0.15, 0.2) is 16.6 Å². The minimum atomic E-state index is -3.75. The van der Waals surface area contributed by atoms with E-state index in [0.29, 0.717) is 18.1 Å². The Balaban J connectivity index is 2.56. The Morgan fingerprint density at radius 1 is 1.62 bits per heavy atom. The first-order valence-electron chi connectivity index (χ1n) is 6.40. The number of anilines is 1. The number of hydrogen-bond acceptors (Lipinski definition) is 7. The lowest BCUT2D eigenvalue weighted by Crippen LogP contribution is -2.41. The number of fused-ring (bicyclic) bond motifs is 1. The Morgan fingerprint density at radius 3 is 2.90 bits per heavy atom. The van der Waals surface area contributed by atoms with Crippen LogP contribution in [0.2, 0.25) is 0 Å². The Hall–Kier alpha value is -1.20. The number of hydrogen-bond donors (Lipinski definition) is 2. The third-order valence-electron chi connectivity index (χ3n) is 3.12. The molecule has 0 amide bonds. The number of nitrogens with two attached hydrogens (primary N) is 1. The zero-order chi connectivity index (χ0) is 15.6. The van der Waals surface area contributed by atoms with E-state index in [9.17, 15) is 8.42 Å². The summed E-state index contributed by atoms with van der Waals surface area (Å²) in [7, 11) is -2.21. The van der Waals surface area contributed by atoms with Gasteiger partial charge < -0.3 is 10.2 Å². The number of nitrogen functional groups attached to an aromatic ring is 1. The van der Waals surface area contributed by atoms with Crippen molar-refractivity contribution in [3.63, 3.8) is 0 Å². The Labute approximate surface area is 127 Å². The highest BCUT2D eigenvalue weighted by Crippen LogP contribution is 2.28. The number of nitrogens with one attached hydrogen (secondary N) is 1. The van der Waals surface area contributed by atoms with Gasteiger partial charge in [0.15, 0.2) is 10.8 Å². The zero-order valence-corrected chi connectivity index (χ0v) is 13.7. The fourth-order valence-electron chi connectivity index (χ4n) is 2.26. The van der Waals surface area contributed by atoms with Gasteiger partial charge in [-0.1, -0.05) is 6.92 Å². The molecule has 2 heterocycles. The number of ether oxygens (including phenoxy) is 1. The molecular formula is C11H19N5O3S2. The maximum absolute atomic E-state index is 13.0. The summed E-state index contributed by atoms with van der Waals surface area (Å²) in [5.74, 6) is 5.56. The summed E-state index contributed by atoms with van der Waals surface area (Å²) in [6.45, 7) is 4.22. The van der Waals surface area contributed by atoms with Crippen molar-refractivity contribution in [1.29, 1.82) is 0 Å². The van der Waals surface area contributed by atoms with E-state index in [4.69, 9.17) is 10.6 Å². The van der Waals surface area contributed by atoms with Crippen molar-refractivity contribution >= 4 is 32.1 Å². The molecule has 1 unspecified atom stereocenters. The molecule has 2 aromatic heterocycles. The van der Waals surface area contributed by atoms with Crippen molar-refractivity contribution < 1.29 is 13.2 Å². The SMILES string of the molecule is CCN(C(C)COC)S(=O)(=O)c1c(NN)nc2sccn12. The molecule has 2 aromatic rings. The van der Waals surface area contributed by atoms with E-state index in [2.05, 4.69) is 10.4 Å². The molecule has 0 aromatic carbocycles. The average molecular weight is 333 g/mol. The zero-order valence-electron chi connectivity index (χ0n) is 12.1. The number of sulfonamides is 1. The van der Waals surface area contributed by atoms with E-state index in [-0.39, 0.29) is 16.9 Å². The number of imidazole rings is 1. The van der Waals surface area contributed by atoms with Crippen molar-refractivity contribution in [1.82, 2.24) is 13.7 Å². The fraction of sp³-hybridized carbons (Fsp3) is 0.545. The third kappa shape index (κ3) is 2.77. The smallest absolute Gasteiger partial charge is 0.263 e. The Bertz CT molecular complexity index is 709. The van der Waals surface area contributed by atoms with Gasteiger partial charge in [-0.15, -0.1) is 11.3 Å². The van der Waals surface area contributed by atoms with Gasteiger partial charge in [0.2, 0.25) is 5.03 Å². The number of thiazole rings is 1. The van der Waals surface area contributed by atoms with Gasteiger partial charge in [0.1, 0.15) is 0 Å². The second kappa shape index (κ2) is 6.28. The first-order valence-corrected chi connectivity index (χ1v) is 8.72. The van der Waals surface area contributed by atoms with Crippen LogP contribution in [-0.4, -0.2) is 48.4 Å². The maximum atomic E-state index is 13.0. The van der Waals surface area contributed by atoms with Crippen LogP contribution in [0.4, 0.5) is 5.82 Å². The lowest BCUT2D eigenvalue weighted by atomic mass is 10.4. The van der Waals surface area contributed by atoms with Crippen molar-refractivity contribution in [2.24, 2.45) is 5.84 Å². The number of aromatic nitrogens is 2. The van der Waals surface area contributed by atoms with E-state index in [1.165, 1.54) is 20.0 Å². The third-order valence-corrected chi connectivity index (χ3v) is 5.99. The van der Waals surface area contributed by atoms with Crippen molar-refractivity contribution in [3.8, 4) is 0 Å². The highest BCUT2D eigenvalue weighted by molar-refractivity contribution is 7.89. The van der Waals surface area contributed by atoms with Gasteiger partial charge in [-0.2, -0.15) is 9.29 Å². The van der Waals surface area contributed by atoms with E-state index >= 15 is 0 Å². The van der Waals surface area contributed by atoms with Gasteiger partial charge >= 0.3 is 0 Å². The van der Waals surface area contributed by atoms with Crippen LogP contribution in [0.25, 0.3) is 4.96 Å². The number of rotatable bonds is 7. The predicted molar refractivity (Wildman–Crippen MR) is 81.8 cm³/mol. The summed E-state index contributed by atoms with van der Waals surface area (Å²) in [6.07, 6.45) is 1.66. The minimum Gasteiger partial charge on any atom is -0.383 e. The summed E-state index contributed by atoms with van der Waals surface area (Å²) >= 11 is 1.34. The second-order valence-corrected chi connectivity index (χ2v) is 7.16. The van der Waals surface area contributed by atoms with Gasteiger partial charge in [0.05, 0.1) is 6.61 Å². The van der Waals surface area contributed by atoms with Crippen LogP contribution in [0.3, 0.4) is 0 Å². The molecule has 0 spiro atoms. The normalized spacial score (nSPS) is 14.0. The van der Waals surface area contributed by atoms with Crippen LogP contribution in [0, 0.1) is 0 Å². The number of nitrogens with zero attached hydrogens (tertiary/aromatic N) is 3. The standard InChI is InChI=1S/C11H19N5O3S2/c1-4-16(8(2)7-19-3)21(17,18)10-9(14-12)13-11-15(10)5-6-20-11/h5-6,8,14H,4,7,12H2,1-3H3. The molecule has 21 heavy (non-hydrogen) atoms.